The van der Waals surface area contributed by atoms with Gasteiger partial charge in [0.2, 0.25) is 5.91 Å². The normalized spacial score (nSPS) is 12.1. The lowest BCUT2D eigenvalue weighted by atomic mass is 10.2. The highest BCUT2D eigenvalue weighted by atomic mass is 32.2. The minimum absolute atomic E-state index is 0.122. The zero-order chi connectivity index (χ0) is 15.4. The number of anilines is 1. The molecule has 0 radical (unpaired) electrons. The van der Waals surface area contributed by atoms with E-state index in [1.54, 1.807) is 17.1 Å². The molecule has 21 heavy (non-hydrogen) atoms. The average Bonchev–Trinajstić information content (AvgIpc) is 2.85. The largest absolute Gasteiger partial charge is 0.326 e. The Labute approximate surface area is 124 Å². The first-order chi connectivity index (χ1) is 9.99. The van der Waals surface area contributed by atoms with Gasteiger partial charge in [0.05, 0.1) is 28.3 Å². The van der Waals surface area contributed by atoms with Crippen LogP contribution < -0.4 is 5.32 Å². The second kappa shape index (κ2) is 6.62. The van der Waals surface area contributed by atoms with Gasteiger partial charge in [0.1, 0.15) is 5.82 Å². The number of aromatic nitrogens is 2. The average molecular weight is 309 g/mol. The molecule has 0 saturated carbocycles. The molecule has 1 N–H and O–H groups in total. The van der Waals surface area contributed by atoms with Crippen LogP contribution in [0, 0.1) is 5.82 Å². The van der Waals surface area contributed by atoms with Gasteiger partial charge in [-0.25, -0.2) is 4.39 Å². The summed E-state index contributed by atoms with van der Waals surface area (Å²) >= 11 is 0. The number of nitrogens with zero attached hydrogens (tertiary/aromatic N) is 2. The quantitative estimate of drug-likeness (QED) is 0.918. The van der Waals surface area contributed by atoms with E-state index in [0.29, 0.717) is 5.69 Å². The van der Waals surface area contributed by atoms with Crippen LogP contribution in [0.5, 0.6) is 0 Å². The van der Waals surface area contributed by atoms with Gasteiger partial charge in [0.25, 0.3) is 0 Å². The van der Waals surface area contributed by atoms with Gasteiger partial charge in [-0.1, -0.05) is 0 Å². The Morgan fingerprint density at radius 1 is 1.48 bits per heavy atom. The van der Waals surface area contributed by atoms with Gasteiger partial charge in [-0.05, 0) is 30.7 Å². The van der Waals surface area contributed by atoms with Crippen molar-refractivity contribution in [2.45, 2.75) is 24.8 Å². The summed E-state index contributed by atoms with van der Waals surface area (Å²) in [5.74, 6) is -0.845. The Morgan fingerprint density at radius 3 is 2.81 bits per heavy atom. The fourth-order valence-electron chi connectivity index (χ4n) is 1.87. The summed E-state index contributed by atoms with van der Waals surface area (Å²) in [5, 5.41) is 6.69. The molecule has 0 aliphatic carbocycles. The lowest BCUT2D eigenvalue weighted by Gasteiger charge is -2.06. The summed E-state index contributed by atoms with van der Waals surface area (Å²) in [6.07, 6.45) is 5.00. The third kappa shape index (κ3) is 3.98. The van der Waals surface area contributed by atoms with Crippen molar-refractivity contribution in [1.29, 1.82) is 0 Å². The van der Waals surface area contributed by atoms with E-state index in [2.05, 4.69) is 10.4 Å². The van der Waals surface area contributed by atoms with Crippen LogP contribution in [0.3, 0.4) is 0 Å². The Bertz CT molecular complexity index is 685. The minimum Gasteiger partial charge on any atom is -0.326 e. The van der Waals surface area contributed by atoms with Crippen LogP contribution in [-0.4, -0.2) is 26.2 Å². The molecule has 0 bridgehead atoms. The zero-order valence-corrected chi connectivity index (χ0v) is 12.6. The summed E-state index contributed by atoms with van der Waals surface area (Å²) in [6.45, 7) is 2.70. The van der Waals surface area contributed by atoms with E-state index in [0.717, 1.165) is 12.1 Å². The van der Waals surface area contributed by atoms with Crippen LogP contribution >= 0.6 is 0 Å². The molecule has 7 heteroatoms. The number of carbonyl (C=O) groups excluding carboxylic acids is 1. The highest BCUT2D eigenvalue weighted by Gasteiger charge is 2.10. The number of amides is 1. The van der Waals surface area contributed by atoms with E-state index in [1.807, 2.05) is 6.92 Å². The number of halogens is 1. The first-order valence-corrected chi connectivity index (χ1v) is 7.99. The van der Waals surface area contributed by atoms with Gasteiger partial charge < -0.3 is 5.32 Å². The topological polar surface area (TPSA) is 64.0 Å². The SMILES string of the molecule is CCn1cc(CC(=O)Nc2ccc(S(C)=O)c(F)c2)cn1. The number of aryl methyl sites for hydroxylation is 1. The minimum atomic E-state index is -1.39. The third-order valence-corrected chi connectivity index (χ3v) is 3.85. The molecule has 0 fully saturated rings. The fraction of sp³-hybridized carbons (Fsp3) is 0.286. The maximum atomic E-state index is 13.7. The summed E-state index contributed by atoms with van der Waals surface area (Å²) in [6, 6.07) is 4.12. The Kier molecular flexibility index (Phi) is 4.85. The van der Waals surface area contributed by atoms with Crippen molar-refractivity contribution in [2.24, 2.45) is 0 Å². The van der Waals surface area contributed by atoms with Crippen LogP contribution in [0.2, 0.25) is 0 Å². The van der Waals surface area contributed by atoms with Crippen molar-refractivity contribution >= 4 is 22.4 Å². The summed E-state index contributed by atoms with van der Waals surface area (Å²) < 4.78 is 26.6. The van der Waals surface area contributed by atoms with Gasteiger partial charge in [-0.2, -0.15) is 5.10 Å². The molecule has 0 spiro atoms. The molecule has 0 aliphatic heterocycles. The molecule has 1 unspecified atom stereocenters. The lowest BCUT2D eigenvalue weighted by Crippen LogP contribution is -2.14. The molecule has 0 aliphatic rings. The molecule has 0 saturated heterocycles. The molecule has 1 aromatic heterocycles. The van der Waals surface area contributed by atoms with Gasteiger partial charge >= 0.3 is 0 Å². The van der Waals surface area contributed by atoms with E-state index >= 15 is 0 Å². The van der Waals surface area contributed by atoms with Crippen LogP contribution in [0.25, 0.3) is 0 Å². The van der Waals surface area contributed by atoms with Crippen molar-refractivity contribution in [3.63, 3.8) is 0 Å². The van der Waals surface area contributed by atoms with Crippen LogP contribution in [0.15, 0.2) is 35.5 Å². The molecule has 1 aromatic carbocycles. The molecule has 1 atom stereocenters. The molecule has 1 amide bonds. The molecular formula is C14H16FN3O2S. The number of rotatable bonds is 5. The zero-order valence-electron chi connectivity index (χ0n) is 11.8. The number of carbonyl (C=O) groups is 1. The molecule has 1 heterocycles. The predicted molar refractivity (Wildman–Crippen MR) is 79.0 cm³/mol. The van der Waals surface area contributed by atoms with E-state index in [-0.39, 0.29) is 17.2 Å². The van der Waals surface area contributed by atoms with Gasteiger partial charge in [-0.15, -0.1) is 0 Å². The van der Waals surface area contributed by atoms with Crippen molar-refractivity contribution in [2.75, 3.05) is 11.6 Å². The van der Waals surface area contributed by atoms with Gasteiger partial charge in [-0.3, -0.25) is 13.7 Å². The molecule has 112 valence electrons. The number of benzene rings is 1. The highest BCUT2D eigenvalue weighted by Crippen LogP contribution is 2.17. The first kappa shape index (κ1) is 15.4. The summed E-state index contributed by atoms with van der Waals surface area (Å²) in [4.78, 5) is 12.0. The number of nitrogens with one attached hydrogen (secondary N) is 1. The molecule has 2 rings (SSSR count). The number of hydrogen-bond donors (Lipinski definition) is 1. The van der Waals surface area contributed by atoms with Crippen molar-refractivity contribution in [1.82, 2.24) is 9.78 Å². The maximum absolute atomic E-state index is 13.7. The Hall–Kier alpha value is -2.02. The third-order valence-electron chi connectivity index (χ3n) is 2.90. The second-order valence-electron chi connectivity index (χ2n) is 4.53. The second-order valence-corrected chi connectivity index (χ2v) is 5.88. The van der Waals surface area contributed by atoms with Crippen LogP contribution in [-0.2, 0) is 28.6 Å². The lowest BCUT2D eigenvalue weighted by molar-refractivity contribution is -0.115. The van der Waals surface area contributed by atoms with E-state index in [1.165, 1.54) is 24.5 Å². The number of hydrogen-bond acceptors (Lipinski definition) is 3. The summed E-state index contributed by atoms with van der Waals surface area (Å²) in [7, 11) is -1.39. The van der Waals surface area contributed by atoms with E-state index < -0.39 is 16.6 Å². The van der Waals surface area contributed by atoms with Crippen LogP contribution in [0.1, 0.15) is 12.5 Å². The standard InChI is InChI=1S/C14H16FN3O2S/c1-3-18-9-10(8-16-18)6-14(19)17-11-4-5-13(21(2)20)12(15)7-11/h4-5,7-9H,3,6H2,1-2H3,(H,17,19). The Morgan fingerprint density at radius 2 is 2.24 bits per heavy atom. The highest BCUT2D eigenvalue weighted by molar-refractivity contribution is 7.84. The Balaban J connectivity index is 2.02. The van der Waals surface area contributed by atoms with Gasteiger partial charge in [0.15, 0.2) is 0 Å². The molecule has 2 aromatic rings. The summed E-state index contributed by atoms with van der Waals surface area (Å²) in [5.41, 5.74) is 1.13. The smallest absolute Gasteiger partial charge is 0.228 e. The van der Waals surface area contributed by atoms with Crippen LogP contribution in [0.4, 0.5) is 10.1 Å². The monoisotopic (exact) mass is 309 g/mol. The molecule has 5 nitrogen and oxygen atoms in total. The van der Waals surface area contributed by atoms with Crippen molar-refractivity contribution in [3.05, 3.63) is 42.0 Å². The van der Waals surface area contributed by atoms with Crippen molar-refractivity contribution in [3.8, 4) is 0 Å². The molecular weight excluding hydrogens is 293 g/mol. The first-order valence-electron chi connectivity index (χ1n) is 6.43. The fourth-order valence-corrected chi connectivity index (χ4v) is 2.47. The van der Waals surface area contributed by atoms with E-state index in [4.69, 9.17) is 0 Å². The van der Waals surface area contributed by atoms with Gasteiger partial charge in [0, 0.05) is 24.7 Å². The predicted octanol–water partition coefficient (Wildman–Crippen LogP) is 1.96. The maximum Gasteiger partial charge on any atom is 0.228 e. The van der Waals surface area contributed by atoms with E-state index in [9.17, 15) is 13.4 Å². The van der Waals surface area contributed by atoms with Crippen molar-refractivity contribution < 1.29 is 13.4 Å².